The molecule has 0 bridgehead atoms. The second-order valence-corrected chi connectivity index (χ2v) is 16.2. The Labute approximate surface area is 272 Å². The van der Waals surface area contributed by atoms with Gasteiger partial charge in [0.05, 0.1) is 23.3 Å². The molecule has 238 valence electrons. The van der Waals surface area contributed by atoms with E-state index in [9.17, 15) is 8.42 Å². The fourth-order valence-corrected chi connectivity index (χ4v) is 9.63. The highest BCUT2D eigenvalue weighted by atomic mass is 35.5. The van der Waals surface area contributed by atoms with E-state index in [1.54, 1.807) is 38.7 Å². The van der Waals surface area contributed by atoms with Crippen LogP contribution >= 0.6 is 22.9 Å². The van der Waals surface area contributed by atoms with Crippen LogP contribution in [0.5, 0.6) is 0 Å². The summed E-state index contributed by atoms with van der Waals surface area (Å²) >= 11 is 8.44. The maximum atomic E-state index is 14.7. The van der Waals surface area contributed by atoms with Crippen LogP contribution < -0.4 is 0 Å². The van der Waals surface area contributed by atoms with Crippen LogP contribution in [0.15, 0.2) is 60.2 Å². The Kier molecular flexibility index (Phi) is 8.02. The zero-order valence-corrected chi connectivity index (χ0v) is 28.0. The standard InChI is InChI=1S/C32H37ClN6O4S2/c1-31(12-9-25(26(33)17-31)28-19-35-30(44-28)32(10-5-11-32)43-21-42-3)45(40,41)39-27(16-22-6-4-13-34-29(22)39)23-18-36-38(20-23)15-14-37(2)24-7-8-24/h4,6,9,13,16-20,24H,5,7-8,10-12,14-15,21H2,1-3H3. The number of fused-ring (bicyclic) bond motifs is 1. The van der Waals surface area contributed by atoms with Gasteiger partial charge < -0.3 is 14.4 Å². The van der Waals surface area contributed by atoms with Gasteiger partial charge in [0, 0.05) is 59.8 Å². The number of likely N-dealkylation sites (N-methyl/N-ethyl adjacent to an activating group) is 1. The van der Waals surface area contributed by atoms with E-state index in [-0.39, 0.29) is 13.2 Å². The summed E-state index contributed by atoms with van der Waals surface area (Å²) in [6.45, 7) is 3.53. The smallest absolute Gasteiger partial charge is 0.250 e. The summed E-state index contributed by atoms with van der Waals surface area (Å²) < 4.78 is 42.5. The average Bonchev–Trinajstić information content (AvgIpc) is 3.36. The van der Waals surface area contributed by atoms with Crippen molar-refractivity contribution >= 4 is 49.6 Å². The molecule has 0 amide bonds. The lowest BCUT2D eigenvalue weighted by molar-refractivity contribution is -0.171. The van der Waals surface area contributed by atoms with E-state index >= 15 is 0 Å². The monoisotopic (exact) mass is 668 g/mol. The van der Waals surface area contributed by atoms with Crippen LogP contribution in [0.4, 0.5) is 0 Å². The molecule has 0 saturated heterocycles. The highest BCUT2D eigenvalue weighted by Crippen LogP contribution is 2.48. The normalized spacial score (nSPS) is 21.6. The van der Waals surface area contributed by atoms with E-state index in [1.165, 1.54) is 28.2 Å². The third-order valence-electron chi connectivity index (χ3n) is 9.31. The van der Waals surface area contributed by atoms with Gasteiger partial charge in [0.15, 0.2) is 5.65 Å². The molecule has 4 aromatic heterocycles. The largest absolute Gasteiger partial charge is 0.359 e. The second kappa shape index (κ2) is 11.7. The fraction of sp³-hybridized carbons (Fsp3) is 0.469. The van der Waals surface area contributed by atoms with Crippen LogP contribution in [0.3, 0.4) is 0 Å². The van der Waals surface area contributed by atoms with Crippen LogP contribution in [0.25, 0.3) is 27.9 Å². The van der Waals surface area contributed by atoms with Crippen molar-refractivity contribution in [1.29, 1.82) is 0 Å². The predicted octanol–water partition coefficient (Wildman–Crippen LogP) is 6.00. The van der Waals surface area contributed by atoms with Crippen LogP contribution in [0, 0.1) is 0 Å². The number of methoxy groups -OCH3 is 1. The first kappa shape index (κ1) is 30.8. The van der Waals surface area contributed by atoms with Crippen molar-refractivity contribution in [3.63, 3.8) is 0 Å². The summed E-state index contributed by atoms with van der Waals surface area (Å²) in [5, 5.41) is 6.57. The lowest BCUT2D eigenvalue weighted by atomic mass is 9.80. The van der Waals surface area contributed by atoms with Gasteiger partial charge in [-0.2, -0.15) is 5.10 Å². The number of nitrogens with zero attached hydrogens (tertiary/aromatic N) is 6. The van der Waals surface area contributed by atoms with E-state index in [0.29, 0.717) is 28.0 Å². The van der Waals surface area contributed by atoms with Crippen molar-refractivity contribution in [2.24, 2.45) is 0 Å². The molecule has 2 fully saturated rings. The Balaban J connectivity index is 1.19. The summed E-state index contributed by atoms with van der Waals surface area (Å²) in [7, 11) is -0.299. The number of pyridine rings is 1. The molecule has 13 heteroatoms. The van der Waals surface area contributed by atoms with Crippen LogP contribution in [0.1, 0.15) is 55.3 Å². The minimum Gasteiger partial charge on any atom is -0.359 e. The summed E-state index contributed by atoms with van der Waals surface area (Å²) in [6.07, 6.45) is 16.2. The van der Waals surface area contributed by atoms with E-state index in [2.05, 4.69) is 27.0 Å². The van der Waals surface area contributed by atoms with E-state index in [4.69, 9.17) is 21.1 Å². The van der Waals surface area contributed by atoms with Gasteiger partial charge in [0.25, 0.3) is 0 Å². The Bertz CT molecular complexity index is 1900. The number of hydrogen-bond donors (Lipinski definition) is 0. The van der Waals surface area contributed by atoms with Crippen LogP contribution in [-0.4, -0.2) is 75.3 Å². The lowest BCUT2D eigenvalue weighted by Gasteiger charge is -2.39. The highest BCUT2D eigenvalue weighted by Gasteiger charge is 2.45. The molecule has 45 heavy (non-hydrogen) atoms. The molecule has 1 unspecified atom stereocenters. The van der Waals surface area contributed by atoms with Crippen molar-refractivity contribution in [3.05, 3.63) is 70.1 Å². The first-order valence-corrected chi connectivity index (χ1v) is 17.9. The van der Waals surface area contributed by atoms with Gasteiger partial charge >= 0.3 is 0 Å². The molecule has 10 nitrogen and oxygen atoms in total. The van der Waals surface area contributed by atoms with E-state index in [0.717, 1.165) is 53.2 Å². The summed E-state index contributed by atoms with van der Waals surface area (Å²) in [5.41, 5.74) is 1.97. The molecule has 1 atom stereocenters. The fourth-order valence-electron chi connectivity index (χ4n) is 6.14. The quantitative estimate of drug-likeness (QED) is 0.170. The molecule has 2 saturated carbocycles. The van der Waals surface area contributed by atoms with Crippen LogP contribution in [0.2, 0.25) is 0 Å². The maximum Gasteiger partial charge on any atom is 0.250 e. The molecular formula is C32H37ClN6O4S2. The van der Waals surface area contributed by atoms with E-state index < -0.39 is 20.4 Å². The molecule has 4 aromatic rings. The summed E-state index contributed by atoms with van der Waals surface area (Å²) in [4.78, 5) is 12.4. The third kappa shape index (κ3) is 5.49. The van der Waals surface area contributed by atoms with Gasteiger partial charge in [-0.15, -0.1) is 11.3 Å². The Morgan fingerprint density at radius 2 is 2.04 bits per heavy atom. The zero-order chi connectivity index (χ0) is 31.4. The van der Waals surface area contributed by atoms with Crippen molar-refractivity contribution in [3.8, 4) is 11.3 Å². The number of thiazole rings is 1. The summed E-state index contributed by atoms with van der Waals surface area (Å²) in [6, 6.07) is 6.23. The molecule has 0 aliphatic heterocycles. The highest BCUT2D eigenvalue weighted by molar-refractivity contribution is 7.91. The van der Waals surface area contributed by atoms with Crippen molar-refractivity contribution in [2.75, 3.05) is 27.5 Å². The molecule has 0 radical (unpaired) electrons. The average molecular weight is 669 g/mol. The molecule has 4 heterocycles. The van der Waals surface area contributed by atoms with Gasteiger partial charge in [0.1, 0.15) is 22.1 Å². The Morgan fingerprint density at radius 1 is 1.22 bits per heavy atom. The molecule has 7 rings (SSSR count). The minimum absolute atomic E-state index is 0.206. The molecule has 0 spiro atoms. The first-order chi connectivity index (χ1) is 21.6. The molecule has 3 aliphatic carbocycles. The van der Waals surface area contributed by atoms with Gasteiger partial charge in [-0.3, -0.25) is 4.68 Å². The van der Waals surface area contributed by atoms with E-state index in [1.807, 2.05) is 35.2 Å². The first-order valence-electron chi connectivity index (χ1n) is 15.3. The maximum absolute atomic E-state index is 14.7. The molecular weight excluding hydrogens is 632 g/mol. The second-order valence-electron chi connectivity index (χ2n) is 12.5. The van der Waals surface area contributed by atoms with Crippen molar-refractivity contribution in [2.45, 2.75) is 68.4 Å². The van der Waals surface area contributed by atoms with Crippen molar-refractivity contribution < 1.29 is 17.9 Å². The van der Waals surface area contributed by atoms with Gasteiger partial charge in [-0.05, 0) is 76.8 Å². The summed E-state index contributed by atoms with van der Waals surface area (Å²) in [5.74, 6) is 0. The number of halogens is 1. The SMILES string of the molecule is COCOC1(c2ncc(C3=CCC(C)(S(=O)(=O)n4c(-c5cnn(CCN(C)C6CC6)c5)cc5cccnc54)C=C3Cl)s2)CCC1. The Hall–Kier alpha value is -2.87. The predicted molar refractivity (Wildman–Crippen MR) is 176 cm³/mol. The Morgan fingerprint density at radius 3 is 2.76 bits per heavy atom. The number of aromatic nitrogens is 5. The number of allylic oxidation sites excluding steroid dienone is 3. The van der Waals surface area contributed by atoms with Crippen LogP contribution in [-0.2, 0) is 31.6 Å². The van der Waals surface area contributed by atoms with Gasteiger partial charge in [-0.1, -0.05) is 17.7 Å². The molecule has 3 aliphatic rings. The van der Waals surface area contributed by atoms with Gasteiger partial charge in [-0.25, -0.2) is 22.4 Å². The minimum atomic E-state index is -4.05. The van der Waals surface area contributed by atoms with Crippen molar-refractivity contribution in [1.82, 2.24) is 28.6 Å². The zero-order valence-electron chi connectivity index (χ0n) is 25.6. The molecule has 0 N–H and O–H groups in total. The number of ether oxygens (including phenoxy) is 2. The number of rotatable bonds is 12. The molecule has 0 aromatic carbocycles. The lowest BCUT2D eigenvalue weighted by Crippen LogP contribution is -2.39. The number of hydrogen-bond acceptors (Lipinski definition) is 9. The topological polar surface area (TPSA) is 104 Å². The van der Waals surface area contributed by atoms with Gasteiger partial charge in [0.2, 0.25) is 10.0 Å². The third-order valence-corrected chi connectivity index (χ3v) is 13.1.